The molecule has 0 aliphatic rings. The molecule has 8 heteroatoms. The van der Waals surface area contributed by atoms with Gasteiger partial charge >= 0.3 is 6.18 Å². The van der Waals surface area contributed by atoms with Crippen LogP contribution in [0.3, 0.4) is 0 Å². The standard InChI is InChI=1S/C18H23F3N4O/c1-6-7-24(10-18(19,20)21)17(26)13-8-15(11(2)3)23-16-14(13)9-22-25(16)12(4)5/h6,8-9,11-12H,1,7,10H2,2-5H3. The van der Waals surface area contributed by atoms with E-state index in [0.29, 0.717) is 16.7 Å². The Hall–Kier alpha value is -2.38. The van der Waals surface area contributed by atoms with Crippen molar-refractivity contribution in [2.24, 2.45) is 0 Å². The van der Waals surface area contributed by atoms with Crippen molar-refractivity contribution in [3.8, 4) is 0 Å². The first kappa shape index (κ1) is 19.9. The number of amides is 1. The van der Waals surface area contributed by atoms with Crippen LogP contribution in [-0.2, 0) is 0 Å². The lowest BCUT2D eigenvalue weighted by Gasteiger charge is -2.23. The van der Waals surface area contributed by atoms with Crippen molar-refractivity contribution in [3.05, 3.63) is 36.2 Å². The van der Waals surface area contributed by atoms with E-state index in [-0.39, 0.29) is 24.1 Å². The minimum absolute atomic E-state index is 0.00446. The molecule has 2 aromatic heterocycles. The average molecular weight is 368 g/mol. The highest BCUT2D eigenvalue weighted by molar-refractivity contribution is 6.05. The average Bonchev–Trinajstić information content (AvgIpc) is 2.95. The van der Waals surface area contributed by atoms with E-state index >= 15 is 0 Å². The SMILES string of the molecule is C=CCN(CC(F)(F)F)C(=O)c1cc(C(C)C)nc2c1cnn2C(C)C. The van der Waals surface area contributed by atoms with Crippen molar-refractivity contribution in [1.82, 2.24) is 19.7 Å². The maximum atomic E-state index is 12.9. The van der Waals surface area contributed by atoms with Crippen LogP contribution in [0.15, 0.2) is 24.9 Å². The monoisotopic (exact) mass is 368 g/mol. The highest BCUT2D eigenvalue weighted by atomic mass is 19.4. The number of hydrogen-bond acceptors (Lipinski definition) is 3. The third-order valence-corrected chi connectivity index (χ3v) is 3.90. The Morgan fingerprint density at radius 3 is 2.50 bits per heavy atom. The lowest BCUT2D eigenvalue weighted by molar-refractivity contribution is -0.139. The molecule has 0 aromatic carbocycles. The zero-order valence-electron chi connectivity index (χ0n) is 15.3. The zero-order valence-corrected chi connectivity index (χ0v) is 15.3. The molecule has 0 aliphatic carbocycles. The molecule has 0 bridgehead atoms. The summed E-state index contributed by atoms with van der Waals surface area (Å²) in [7, 11) is 0. The summed E-state index contributed by atoms with van der Waals surface area (Å²) in [5.41, 5.74) is 1.31. The molecular formula is C18H23F3N4O. The number of hydrogen-bond donors (Lipinski definition) is 0. The molecule has 0 aliphatic heterocycles. The third-order valence-electron chi connectivity index (χ3n) is 3.90. The van der Waals surface area contributed by atoms with E-state index in [1.54, 1.807) is 10.7 Å². The van der Waals surface area contributed by atoms with Crippen LogP contribution < -0.4 is 0 Å². The van der Waals surface area contributed by atoms with Gasteiger partial charge in [0.05, 0.1) is 17.1 Å². The number of halogens is 3. The Labute approximate surface area is 150 Å². The van der Waals surface area contributed by atoms with E-state index in [0.717, 1.165) is 4.90 Å². The first-order chi connectivity index (χ1) is 12.0. The minimum atomic E-state index is -4.49. The van der Waals surface area contributed by atoms with Gasteiger partial charge in [-0.25, -0.2) is 9.67 Å². The van der Waals surface area contributed by atoms with Gasteiger partial charge in [0.25, 0.3) is 5.91 Å². The van der Waals surface area contributed by atoms with Gasteiger partial charge in [0, 0.05) is 18.3 Å². The molecule has 0 unspecified atom stereocenters. The lowest BCUT2D eigenvalue weighted by atomic mass is 10.0. The topological polar surface area (TPSA) is 51.0 Å². The van der Waals surface area contributed by atoms with Crippen LogP contribution in [0.1, 0.15) is 55.7 Å². The quantitative estimate of drug-likeness (QED) is 0.713. The third kappa shape index (κ3) is 4.23. The number of nitrogens with zero attached hydrogens (tertiary/aromatic N) is 4. The molecule has 2 heterocycles. The molecule has 0 saturated carbocycles. The maximum Gasteiger partial charge on any atom is 0.406 e. The van der Waals surface area contributed by atoms with Crippen molar-refractivity contribution in [2.45, 2.75) is 45.8 Å². The molecule has 0 fully saturated rings. The smallest absolute Gasteiger partial charge is 0.326 e. The van der Waals surface area contributed by atoms with E-state index in [1.165, 1.54) is 12.3 Å². The summed E-state index contributed by atoms with van der Waals surface area (Å²) in [4.78, 5) is 18.2. The second-order valence-corrected chi connectivity index (χ2v) is 6.76. The van der Waals surface area contributed by atoms with Crippen LogP contribution in [0.5, 0.6) is 0 Å². The fraction of sp³-hybridized carbons (Fsp3) is 0.500. The number of carbonyl (C=O) groups is 1. The predicted octanol–water partition coefficient (Wildman–Crippen LogP) is 4.33. The number of fused-ring (bicyclic) bond motifs is 1. The van der Waals surface area contributed by atoms with Crippen molar-refractivity contribution in [3.63, 3.8) is 0 Å². The Bertz CT molecular complexity index is 809. The predicted molar refractivity (Wildman–Crippen MR) is 94.2 cm³/mol. The van der Waals surface area contributed by atoms with Gasteiger partial charge in [-0.05, 0) is 25.8 Å². The number of carbonyl (C=O) groups excluding carboxylic acids is 1. The largest absolute Gasteiger partial charge is 0.406 e. The number of aromatic nitrogens is 3. The molecule has 0 radical (unpaired) electrons. The van der Waals surface area contributed by atoms with Crippen molar-refractivity contribution < 1.29 is 18.0 Å². The van der Waals surface area contributed by atoms with Crippen LogP contribution >= 0.6 is 0 Å². The van der Waals surface area contributed by atoms with Gasteiger partial charge in [0.15, 0.2) is 5.65 Å². The van der Waals surface area contributed by atoms with Crippen LogP contribution in [0, 0.1) is 0 Å². The molecule has 1 amide bonds. The molecule has 2 rings (SSSR count). The van der Waals surface area contributed by atoms with Gasteiger partial charge in [0.2, 0.25) is 0 Å². The fourth-order valence-electron chi connectivity index (χ4n) is 2.65. The van der Waals surface area contributed by atoms with Crippen LogP contribution in [0.2, 0.25) is 0 Å². The highest BCUT2D eigenvalue weighted by Crippen LogP contribution is 2.26. The Morgan fingerprint density at radius 2 is 2.00 bits per heavy atom. The van der Waals surface area contributed by atoms with Crippen molar-refractivity contribution >= 4 is 16.9 Å². The summed E-state index contributed by atoms with van der Waals surface area (Å²) in [6.45, 7) is 9.59. The zero-order chi connectivity index (χ0) is 19.6. The molecule has 26 heavy (non-hydrogen) atoms. The van der Waals surface area contributed by atoms with Gasteiger partial charge in [-0.3, -0.25) is 4.79 Å². The summed E-state index contributed by atoms with van der Waals surface area (Å²) in [6, 6.07) is 1.57. The molecule has 0 spiro atoms. The Morgan fingerprint density at radius 1 is 1.35 bits per heavy atom. The normalized spacial score (nSPS) is 12.2. The van der Waals surface area contributed by atoms with Gasteiger partial charge in [0.1, 0.15) is 6.54 Å². The number of rotatable bonds is 6. The molecule has 5 nitrogen and oxygen atoms in total. The minimum Gasteiger partial charge on any atom is -0.326 e. The van der Waals surface area contributed by atoms with E-state index in [4.69, 9.17) is 0 Å². The van der Waals surface area contributed by atoms with Crippen LogP contribution in [-0.4, -0.2) is 44.8 Å². The Balaban J connectivity index is 2.62. The molecule has 2 aromatic rings. The second kappa shape index (κ2) is 7.47. The summed E-state index contributed by atoms with van der Waals surface area (Å²) in [5.74, 6) is -0.697. The summed E-state index contributed by atoms with van der Waals surface area (Å²) >= 11 is 0. The van der Waals surface area contributed by atoms with Crippen LogP contribution in [0.25, 0.3) is 11.0 Å². The van der Waals surface area contributed by atoms with E-state index in [1.807, 2.05) is 27.7 Å². The molecule has 0 N–H and O–H groups in total. The first-order valence-corrected chi connectivity index (χ1v) is 8.40. The second-order valence-electron chi connectivity index (χ2n) is 6.76. The van der Waals surface area contributed by atoms with E-state index < -0.39 is 18.6 Å². The molecule has 142 valence electrons. The Kier molecular flexibility index (Phi) is 5.73. The maximum absolute atomic E-state index is 12.9. The number of pyridine rings is 1. The fourth-order valence-corrected chi connectivity index (χ4v) is 2.65. The molecular weight excluding hydrogens is 345 g/mol. The van der Waals surface area contributed by atoms with Gasteiger partial charge in [-0.1, -0.05) is 19.9 Å². The first-order valence-electron chi connectivity index (χ1n) is 8.40. The van der Waals surface area contributed by atoms with Crippen molar-refractivity contribution in [1.29, 1.82) is 0 Å². The molecule has 0 atom stereocenters. The highest BCUT2D eigenvalue weighted by Gasteiger charge is 2.33. The van der Waals surface area contributed by atoms with E-state index in [9.17, 15) is 18.0 Å². The summed E-state index contributed by atoms with van der Waals surface area (Å²) in [5, 5.41) is 4.71. The molecule has 0 saturated heterocycles. The van der Waals surface area contributed by atoms with Crippen LogP contribution in [0.4, 0.5) is 13.2 Å². The lowest BCUT2D eigenvalue weighted by Crippen LogP contribution is -2.39. The summed E-state index contributed by atoms with van der Waals surface area (Å²) < 4.78 is 40.3. The summed E-state index contributed by atoms with van der Waals surface area (Å²) in [6.07, 6.45) is -1.73. The van der Waals surface area contributed by atoms with Crippen molar-refractivity contribution in [2.75, 3.05) is 13.1 Å². The van der Waals surface area contributed by atoms with Gasteiger partial charge in [-0.15, -0.1) is 6.58 Å². The van der Waals surface area contributed by atoms with Gasteiger partial charge in [-0.2, -0.15) is 18.3 Å². The number of alkyl halides is 3. The van der Waals surface area contributed by atoms with E-state index in [2.05, 4.69) is 16.7 Å². The van der Waals surface area contributed by atoms with Gasteiger partial charge < -0.3 is 4.90 Å².